The van der Waals surface area contributed by atoms with E-state index >= 15 is 0 Å². The molecule has 0 heterocycles. The molecule has 7 heteroatoms. The molecule has 25 heavy (non-hydrogen) atoms. The first-order valence-electron chi connectivity index (χ1n) is 7.80. The van der Waals surface area contributed by atoms with Crippen molar-refractivity contribution in [3.05, 3.63) is 60.2 Å². The first kappa shape index (κ1) is 23.5. The first-order chi connectivity index (χ1) is 11.5. The van der Waals surface area contributed by atoms with E-state index in [1.165, 1.54) is 5.56 Å². The zero-order valence-corrected chi connectivity index (χ0v) is 15.7. The van der Waals surface area contributed by atoms with E-state index in [4.69, 9.17) is 0 Å². The van der Waals surface area contributed by atoms with Gasteiger partial charge in [-0.25, -0.2) is 0 Å². The Hall–Kier alpha value is -1.50. The third-order valence-electron chi connectivity index (χ3n) is 2.44. The molecule has 2 rings (SSSR count). The van der Waals surface area contributed by atoms with Crippen LogP contribution in [-0.4, -0.2) is 13.3 Å². The van der Waals surface area contributed by atoms with E-state index in [-0.39, 0.29) is 6.01 Å². The number of rotatable bonds is 3. The van der Waals surface area contributed by atoms with E-state index < -0.39 is 18.1 Å². The predicted molar refractivity (Wildman–Crippen MR) is 98.2 cm³/mol. The monoisotopic (exact) mass is 378 g/mol. The van der Waals surface area contributed by atoms with Gasteiger partial charge in [-0.3, -0.25) is 0 Å². The van der Waals surface area contributed by atoms with Crippen LogP contribution in [0.5, 0.6) is 0 Å². The molecule has 1 unspecified atom stereocenters. The van der Waals surface area contributed by atoms with E-state index in [0.717, 1.165) is 15.7 Å². The van der Waals surface area contributed by atoms with E-state index in [2.05, 4.69) is 20.8 Å². The van der Waals surface area contributed by atoms with Gasteiger partial charge in [0.15, 0.2) is 9.79 Å². The van der Waals surface area contributed by atoms with Gasteiger partial charge in [0.05, 0.1) is 10.9 Å². The minimum atomic E-state index is -6.00. The van der Waals surface area contributed by atoms with E-state index in [1.54, 1.807) is 0 Å². The average molecular weight is 378 g/mol. The Bertz CT molecular complexity index is 562. The Kier molecular flexibility index (Phi) is 11.2. The topological polar surface area (TPSA) is 0 Å². The molecule has 140 valence electrons. The average Bonchev–Trinajstić information content (AvgIpc) is 2.49. The Morgan fingerprint density at radius 1 is 0.800 bits per heavy atom. The fourth-order valence-electron chi connectivity index (χ4n) is 1.55. The van der Waals surface area contributed by atoms with Crippen LogP contribution in [0.15, 0.2) is 64.4 Å². The van der Waals surface area contributed by atoms with Crippen molar-refractivity contribution in [2.45, 2.75) is 37.5 Å². The lowest BCUT2D eigenvalue weighted by molar-refractivity contribution is 0.368. The molecule has 0 fully saturated rings. The molecule has 0 aliphatic carbocycles. The van der Waals surface area contributed by atoms with Crippen LogP contribution < -0.4 is 0 Å². The maximum Gasteiger partial charge on any atom is 0.673 e. The maximum absolute atomic E-state index is 13.1. The van der Waals surface area contributed by atoms with Crippen molar-refractivity contribution in [3.8, 4) is 0 Å². The van der Waals surface area contributed by atoms with Crippen molar-refractivity contribution in [1.29, 1.82) is 0 Å². The number of halogens is 5. The minimum absolute atomic E-state index is 0.326. The van der Waals surface area contributed by atoms with Gasteiger partial charge in [-0.05, 0) is 37.1 Å². The molecule has 0 aliphatic heterocycles. The molecular formula is C18H24BF5S. The van der Waals surface area contributed by atoms with Gasteiger partial charge in [-0.15, -0.1) is 0 Å². The van der Waals surface area contributed by atoms with E-state index in [1.807, 2.05) is 61.5 Å². The highest BCUT2D eigenvalue weighted by atomic mass is 32.2. The lowest BCUT2D eigenvalue weighted by Crippen LogP contribution is -2.05. The number of hydrogen-bond donors (Lipinski definition) is 0. The number of alkyl halides is 1. The second kappa shape index (κ2) is 12.0. The van der Waals surface area contributed by atoms with Crippen molar-refractivity contribution in [2.24, 2.45) is 5.92 Å². The quantitative estimate of drug-likeness (QED) is 0.309. The Balaban J connectivity index is 0.000000536. The summed E-state index contributed by atoms with van der Waals surface area (Å²) in [6.07, 6.45) is 0. The molecular weight excluding hydrogens is 354 g/mol. The van der Waals surface area contributed by atoms with E-state index in [9.17, 15) is 21.7 Å². The van der Waals surface area contributed by atoms with E-state index in [0.29, 0.717) is 0 Å². The van der Waals surface area contributed by atoms with Gasteiger partial charge in [0.1, 0.15) is 0 Å². The molecule has 0 aliphatic rings. The second-order valence-electron chi connectivity index (χ2n) is 5.85. The van der Waals surface area contributed by atoms with Crippen LogP contribution >= 0.6 is 0 Å². The summed E-state index contributed by atoms with van der Waals surface area (Å²) in [6.45, 7) is 8.54. The van der Waals surface area contributed by atoms with Crippen molar-refractivity contribution in [2.75, 3.05) is 6.01 Å². The van der Waals surface area contributed by atoms with Crippen LogP contribution in [0.3, 0.4) is 0 Å². The van der Waals surface area contributed by atoms with Crippen molar-refractivity contribution >= 4 is 18.1 Å². The summed E-state index contributed by atoms with van der Waals surface area (Å²) in [5, 5.41) is 0. The van der Waals surface area contributed by atoms with Crippen LogP contribution in [0.1, 0.15) is 26.3 Å². The first-order valence-corrected chi connectivity index (χ1v) is 9.20. The van der Waals surface area contributed by atoms with Crippen LogP contribution in [0.4, 0.5) is 21.7 Å². The molecule has 0 bridgehead atoms. The molecule has 1 atom stereocenters. The summed E-state index contributed by atoms with van der Waals surface area (Å²) in [5.41, 5.74) is 1.21. The van der Waals surface area contributed by atoms with Crippen LogP contribution in [0.25, 0.3) is 0 Å². The maximum atomic E-state index is 13.1. The molecule has 0 saturated carbocycles. The Labute approximate surface area is 149 Å². The van der Waals surface area contributed by atoms with Crippen LogP contribution in [-0.2, 0) is 10.9 Å². The third-order valence-corrected chi connectivity index (χ3v) is 4.34. The summed E-state index contributed by atoms with van der Waals surface area (Å²) < 4.78 is 52.1. The van der Waals surface area contributed by atoms with Gasteiger partial charge < -0.3 is 17.3 Å². The summed E-state index contributed by atoms with van der Waals surface area (Å²) in [6, 6.07) is 17.6. The van der Waals surface area contributed by atoms with Crippen molar-refractivity contribution in [3.63, 3.8) is 0 Å². The summed E-state index contributed by atoms with van der Waals surface area (Å²) in [4.78, 5) is 2.13. The van der Waals surface area contributed by atoms with Crippen LogP contribution in [0, 0.1) is 12.8 Å². The lowest BCUT2D eigenvalue weighted by Gasteiger charge is -2.03. The number of benzene rings is 2. The van der Waals surface area contributed by atoms with Gasteiger partial charge in [0, 0.05) is 0 Å². The molecule has 0 N–H and O–H groups in total. The Morgan fingerprint density at radius 2 is 1.16 bits per heavy atom. The number of hydrogen-bond acceptors (Lipinski definition) is 0. The molecule has 0 amide bonds. The van der Waals surface area contributed by atoms with Gasteiger partial charge in [-0.1, -0.05) is 56.7 Å². The largest absolute Gasteiger partial charge is 0.673 e. The molecule has 0 radical (unpaired) electrons. The van der Waals surface area contributed by atoms with Gasteiger partial charge in [0.25, 0.3) is 6.01 Å². The molecule has 0 saturated heterocycles. The molecule has 2 aromatic rings. The van der Waals surface area contributed by atoms with Gasteiger partial charge in [-0.2, -0.15) is 4.39 Å². The van der Waals surface area contributed by atoms with Crippen molar-refractivity contribution in [1.82, 2.24) is 0 Å². The van der Waals surface area contributed by atoms with Gasteiger partial charge in [0.2, 0.25) is 0 Å². The highest BCUT2D eigenvalue weighted by Crippen LogP contribution is 2.23. The third kappa shape index (κ3) is 13.5. The zero-order valence-electron chi connectivity index (χ0n) is 14.9. The molecule has 0 nitrogen and oxygen atoms in total. The van der Waals surface area contributed by atoms with Crippen molar-refractivity contribution < 1.29 is 21.7 Å². The fraction of sp³-hybridized carbons (Fsp3) is 0.333. The predicted octanol–water partition coefficient (Wildman–Crippen LogP) is 6.92. The van der Waals surface area contributed by atoms with Gasteiger partial charge >= 0.3 is 7.25 Å². The summed E-state index contributed by atoms with van der Waals surface area (Å²) in [5.74, 6) is 0.833. The smallest absolute Gasteiger partial charge is 0.418 e. The van der Waals surface area contributed by atoms with Crippen LogP contribution in [0.2, 0.25) is 0 Å². The lowest BCUT2D eigenvalue weighted by atomic mass is 10.2. The zero-order chi connectivity index (χ0) is 19.5. The molecule has 0 aromatic heterocycles. The normalized spacial score (nSPS) is 11.8. The SMILES string of the molecule is CC(C)C.Cc1ccc([S+](CF)c2ccccc2)cc1.F[B-](F)(F)F. The minimum Gasteiger partial charge on any atom is -0.418 e. The molecule has 0 spiro atoms. The summed E-state index contributed by atoms with van der Waals surface area (Å²) in [7, 11) is -6.43. The Morgan fingerprint density at radius 3 is 1.52 bits per heavy atom. The summed E-state index contributed by atoms with van der Waals surface area (Å²) >= 11 is 0. The standard InChI is InChI=1S/C14H14FS.C4H10.BF4/c1-12-7-9-14(10-8-12)16(11-15)13-5-3-2-4-6-13;1-4(2)3;2-1(3,4)5/h2-10H,11H2,1H3;4H,1-3H3;/q+1;;-1. The second-order valence-corrected chi connectivity index (χ2v) is 7.80. The highest BCUT2D eigenvalue weighted by Gasteiger charge is 2.24. The fourth-order valence-corrected chi connectivity index (χ4v) is 3.02. The highest BCUT2D eigenvalue weighted by molar-refractivity contribution is 7.96. The molecule has 2 aromatic carbocycles. The number of aryl methyl sites for hydroxylation is 1.